The molecule has 0 saturated heterocycles. The predicted molar refractivity (Wildman–Crippen MR) is 314 cm³/mol. The van der Waals surface area contributed by atoms with Gasteiger partial charge >= 0.3 is 17.9 Å². The van der Waals surface area contributed by atoms with Gasteiger partial charge in [-0.1, -0.05) is 135 Å². The molecule has 0 heterocycles. The molecule has 0 atom stereocenters. The van der Waals surface area contributed by atoms with Gasteiger partial charge in [0.05, 0.1) is 33.1 Å². The fourth-order valence-corrected chi connectivity index (χ4v) is 11.6. The monoisotopic (exact) mass is 1140 g/mol. The van der Waals surface area contributed by atoms with Crippen molar-refractivity contribution in [1.82, 2.24) is 0 Å². The number of nitrogens with one attached hydrogen (secondary N) is 3. The van der Waals surface area contributed by atoms with Gasteiger partial charge < -0.3 is 15.3 Å². The molecule has 6 N–H and O–H groups in total. The smallest absolute Gasteiger partial charge is 0.335 e. The van der Waals surface area contributed by atoms with Crippen LogP contribution in [0.3, 0.4) is 0 Å². The topological polar surface area (TPSA) is 250 Å². The SMILES string of the molecule is CCCCS(=O)(=O)Nc1cccc(CCc2ccc(C(=O)O)cc2)c1.O=C(O)c1ccc(CCc2cccc(NS(=O)(=O)Cc3ccccc3)c2)cc1.O=C(O)c1ccc(CCc2cccc(NS(=O)(=O)c3ccccc3)c2)cc1. The molecule has 8 aromatic carbocycles. The summed E-state index contributed by atoms with van der Waals surface area (Å²) in [6.45, 7) is 1.96. The molecule has 0 saturated carbocycles. The Morgan fingerprint density at radius 1 is 0.362 bits per heavy atom. The van der Waals surface area contributed by atoms with Crippen LogP contribution in [-0.4, -0.2) is 64.2 Å². The number of rotatable bonds is 24. The van der Waals surface area contributed by atoms with Gasteiger partial charge in [0.2, 0.25) is 20.0 Å². The van der Waals surface area contributed by atoms with Gasteiger partial charge in [-0.2, -0.15) is 0 Å². The van der Waals surface area contributed by atoms with Crippen molar-refractivity contribution in [1.29, 1.82) is 0 Å². The number of sulfonamides is 3. The third kappa shape index (κ3) is 20.7. The number of carboxylic acid groups (broad SMARTS) is 3. The molecule has 0 bridgehead atoms. The summed E-state index contributed by atoms with van der Waals surface area (Å²) in [5.74, 6) is -2.77. The average molecular weight is 1140 g/mol. The van der Waals surface area contributed by atoms with E-state index < -0.39 is 48.0 Å². The Balaban J connectivity index is 0.000000194. The first-order valence-electron chi connectivity index (χ1n) is 25.6. The van der Waals surface area contributed by atoms with Crippen LogP contribution < -0.4 is 14.2 Å². The van der Waals surface area contributed by atoms with Crippen LogP contribution in [0.1, 0.15) is 89.8 Å². The quantitative estimate of drug-likeness (QED) is 0.0331. The molecule has 0 aliphatic carbocycles. The molecule has 18 heteroatoms. The first-order valence-corrected chi connectivity index (χ1v) is 30.4. The van der Waals surface area contributed by atoms with Crippen LogP contribution in [-0.2, 0) is 74.3 Å². The highest BCUT2D eigenvalue weighted by Gasteiger charge is 2.15. The Morgan fingerprint density at radius 3 is 1.05 bits per heavy atom. The van der Waals surface area contributed by atoms with E-state index in [2.05, 4.69) is 14.2 Å². The van der Waals surface area contributed by atoms with Crippen molar-refractivity contribution < 1.29 is 55.0 Å². The van der Waals surface area contributed by atoms with Gasteiger partial charge in [0.25, 0.3) is 10.0 Å². The highest BCUT2D eigenvalue weighted by molar-refractivity contribution is 7.93. The van der Waals surface area contributed by atoms with E-state index >= 15 is 0 Å². The third-order valence-electron chi connectivity index (χ3n) is 12.3. The lowest BCUT2D eigenvalue weighted by molar-refractivity contribution is 0.0686. The predicted octanol–water partition coefficient (Wildman–Crippen LogP) is 11.8. The Kier molecular flexibility index (Phi) is 22.3. The second-order valence-corrected chi connectivity index (χ2v) is 23.9. The zero-order valence-electron chi connectivity index (χ0n) is 43.9. The molecular weight excluding hydrogens is 1070 g/mol. The van der Waals surface area contributed by atoms with E-state index in [0.717, 1.165) is 77.5 Å². The van der Waals surface area contributed by atoms with Crippen LogP contribution in [0, 0.1) is 0 Å². The molecule has 80 heavy (non-hydrogen) atoms. The third-order valence-corrected chi connectivity index (χ3v) is 16.3. The number of carbonyl (C=O) groups is 3. The average Bonchev–Trinajstić information content (AvgIpc) is 3.44. The molecule has 8 aromatic rings. The van der Waals surface area contributed by atoms with E-state index in [-0.39, 0.29) is 33.1 Å². The molecule has 0 radical (unpaired) electrons. The van der Waals surface area contributed by atoms with Crippen LogP contribution in [0.2, 0.25) is 0 Å². The maximum absolute atomic E-state index is 12.4. The maximum Gasteiger partial charge on any atom is 0.335 e. The lowest BCUT2D eigenvalue weighted by atomic mass is 10.0. The molecule has 0 aromatic heterocycles. The minimum absolute atomic E-state index is 0.0754. The van der Waals surface area contributed by atoms with Crippen molar-refractivity contribution in [3.63, 3.8) is 0 Å². The molecule has 0 aliphatic heterocycles. The van der Waals surface area contributed by atoms with E-state index in [9.17, 15) is 39.6 Å². The molecule has 0 spiro atoms. The minimum Gasteiger partial charge on any atom is -0.478 e. The highest BCUT2D eigenvalue weighted by Crippen LogP contribution is 2.21. The maximum atomic E-state index is 12.4. The molecule has 8 rings (SSSR count). The Morgan fingerprint density at radius 2 is 0.688 bits per heavy atom. The van der Waals surface area contributed by atoms with Crippen molar-refractivity contribution in [2.45, 2.75) is 68.9 Å². The molecule has 0 amide bonds. The van der Waals surface area contributed by atoms with Crippen LogP contribution in [0.15, 0.2) is 211 Å². The van der Waals surface area contributed by atoms with Gasteiger partial charge in [0.1, 0.15) is 0 Å². The van der Waals surface area contributed by atoms with Crippen LogP contribution in [0.25, 0.3) is 0 Å². The number of hydrogen-bond acceptors (Lipinski definition) is 9. The zero-order valence-corrected chi connectivity index (χ0v) is 46.4. The van der Waals surface area contributed by atoms with E-state index in [1.165, 1.54) is 0 Å². The second kappa shape index (κ2) is 29.4. The lowest BCUT2D eigenvalue weighted by Crippen LogP contribution is -2.16. The normalized spacial score (nSPS) is 11.2. The molecule has 416 valence electrons. The van der Waals surface area contributed by atoms with Gasteiger partial charge in [-0.15, -0.1) is 0 Å². The Hall–Kier alpha value is -8.58. The Labute approximate surface area is 468 Å². The van der Waals surface area contributed by atoms with E-state index in [4.69, 9.17) is 15.3 Å². The molecule has 0 unspecified atom stereocenters. The summed E-state index contributed by atoms with van der Waals surface area (Å²) in [7, 11) is -10.4. The van der Waals surface area contributed by atoms with Crippen LogP contribution in [0.4, 0.5) is 17.1 Å². The van der Waals surface area contributed by atoms with Crippen molar-refractivity contribution in [3.8, 4) is 0 Å². The number of benzene rings is 8. The lowest BCUT2D eigenvalue weighted by Gasteiger charge is -2.10. The van der Waals surface area contributed by atoms with Crippen LogP contribution >= 0.6 is 0 Å². The molecule has 15 nitrogen and oxygen atoms in total. The minimum atomic E-state index is -3.62. The molecular formula is C62H63N3O12S3. The summed E-state index contributed by atoms with van der Waals surface area (Å²) in [6, 6.07) is 59.6. The van der Waals surface area contributed by atoms with Crippen molar-refractivity contribution in [2.75, 3.05) is 19.9 Å². The number of carboxylic acids is 3. The van der Waals surface area contributed by atoms with E-state index in [1.807, 2.05) is 79.7 Å². The second-order valence-electron chi connectivity index (χ2n) is 18.6. The summed E-state index contributed by atoms with van der Waals surface area (Å²) in [6.07, 6.45) is 5.88. The standard InChI is InChI=1S/C22H21NO4S.C21H19NO4S.C19H23NO4S/c24-22(25)20-13-11-17(12-14-20)9-10-18-7-4-8-21(15-18)23-28(26,27)16-19-5-2-1-3-6-19;23-21(24)18-13-11-16(12-14-18)9-10-17-5-4-6-19(15-17)22-27(25,26)20-7-2-1-3-8-20;1-2-3-13-25(23,24)20-18-6-4-5-16(14-18)8-7-15-9-11-17(12-10-15)19(21)22/h1-8,11-15,23H,9-10,16H2,(H,24,25);1-8,11-15,22H,9-10H2,(H,23,24);4-6,9-12,14,20H,2-3,7-8,13H2,1H3,(H,21,22). The summed E-state index contributed by atoms with van der Waals surface area (Å²) in [4.78, 5) is 32.9. The fourth-order valence-electron chi connectivity index (χ4n) is 8.07. The zero-order chi connectivity index (χ0) is 57.5. The first kappa shape index (κ1) is 60.6. The van der Waals surface area contributed by atoms with Gasteiger partial charge in [-0.25, -0.2) is 39.6 Å². The highest BCUT2D eigenvalue weighted by atomic mass is 32.2. The molecule has 0 aliphatic rings. The van der Waals surface area contributed by atoms with Gasteiger partial charge in [-0.3, -0.25) is 14.2 Å². The van der Waals surface area contributed by atoms with Gasteiger partial charge in [0, 0.05) is 17.1 Å². The summed E-state index contributed by atoms with van der Waals surface area (Å²) >= 11 is 0. The van der Waals surface area contributed by atoms with Crippen LogP contribution in [0.5, 0.6) is 0 Å². The van der Waals surface area contributed by atoms with Crippen molar-refractivity contribution >= 4 is 65.0 Å². The van der Waals surface area contributed by atoms with Crippen molar-refractivity contribution in [2.24, 2.45) is 0 Å². The Bertz CT molecular complexity index is 3660. The number of hydrogen-bond donors (Lipinski definition) is 6. The summed E-state index contributed by atoms with van der Waals surface area (Å²) in [5, 5.41) is 26.8. The first-order chi connectivity index (χ1) is 38.2. The van der Waals surface area contributed by atoms with Gasteiger partial charge in [-0.05, 0) is 169 Å². The van der Waals surface area contributed by atoms with Gasteiger partial charge in [0.15, 0.2) is 0 Å². The van der Waals surface area contributed by atoms with E-state index in [1.54, 1.807) is 133 Å². The van der Waals surface area contributed by atoms with Crippen molar-refractivity contribution in [3.05, 3.63) is 262 Å². The number of anilines is 3. The number of aromatic carboxylic acids is 3. The van der Waals surface area contributed by atoms with E-state index in [0.29, 0.717) is 29.9 Å². The number of aryl methyl sites for hydroxylation is 6. The number of unbranched alkanes of at least 4 members (excludes halogenated alkanes) is 1. The fraction of sp³-hybridized carbons (Fsp3) is 0.177. The molecule has 0 fully saturated rings. The largest absolute Gasteiger partial charge is 0.478 e. The summed E-state index contributed by atoms with van der Waals surface area (Å²) in [5.41, 5.74) is 9.26. The summed E-state index contributed by atoms with van der Waals surface area (Å²) < 4.78 is 81.4.